The SMILES string of the molecule is O=C(Nc1ccc(Cl)c([N+](=O)[O-])c1)c1cc2cccnc2n(Cc2ccccc2)c1=O. The number of fused-ring (bicyclic) bond motifs is 1. The summed E-state index contributed by atoms with van der Waals surface area (Å²) in [6, 6.07) is 18.2. The van der Waals surface area contributed by atoms with Crippen LogP contribution in [0.5, 0.6) is 0 Å². The molecule has 0 aliphatic rings. The number of aromatic nitrogens is 2. The number of carbonyl (C=O) groups excluding carboxylic acids is 1. The molecule has 0 aliphatic heterocycles. The zero-order chi connectivity index (χ0) is 22.0. The predicted octanol–water partition coefficient (Wildman–Crippen LogP) is 4.26. The number of hydrogen-bond donors (Lipinski definition) is 1. The fourth-order valence-corrected chi connectivity index (χ4v) is 3.40. The van der Waals surface area contributed by atoms with Crippen molar-refractivity contribution in [3.8, 4) is 0 Å². The molecular weight excluding hydrogens is 420 g/mol. The van der Waals surface area contributed by atoms with Crippen molar-refractivity contribution in [3.63, 3.8) is 0 Å². The maximum Gasteiger partial charge on any atom is 0.289 e. The third-order valence-corrected chi connectivity index (χ3v) is 5.00. The van der Waals surface area contributed by atoms with Gasteiger partial charge in [-0.15, -0.1) is 0 Å². The molecule has 0 radical (unpaired) electrons. The van der Waals surface area contributed by atoms with Crippen LogP contribution in [-0.2, 0) is 6.54 Å². The van der Waals surface area contributed by atoms with Crippen LogP contribution < -0.4 is 10.9 Å². The number of rotatable bonds is 5. The molecular formula is C22H15ClN4O4. The lowest BCUT2D eigenvalue weighted by Crippen LogP contribution is -2.30. The zero-order valence-corrected chi connectivity index (χ0v) is 16.7. The van der Waals surface area contributed by atoms with Crippen LogP contribution in [0.15, 0.2) is 77.7 Å². The van der Waals surface area contributed by atoms with Gasteiger partial charge in [-0.25, -0.2) is 4.98 Å². The van der Waals surface area contributed by atoms with Crippen molar-refractivity contribution < 1.29 is 9.72 Å². The van der Waals surface area contributed by atoms with Crippen molar-refractivity contribution in [1.29, 1.82) is 0 Å². The Morgan fingerprint density at radius 1 is 1.10 bits per heavy atom. The first-order chi connectivity index (χ1) is 14.9. The first-order valence-electron chi connectivity index (χ1n) is 9.22. The summed E-state index contributed by atoms with van der Waals surface area (Å²) in [6.07, 6.45) is 1.58. The number of hydrogen-bond acceptors (Lipinski definition) is 5. The number of anilines is 1. The summed E-state index contributed by atoms with van der Waals surface area (Å²) in [5, 5.41) is 14.2. The van der Waals surface area contributed by atoms with Crippen LogP contribution in [0.4, 0.5) is 11.4 Å². The van der Waals surface area contributed by atoms with Crippen LogP contribution in [0.3, 0.4) is 0 Å². The van der Waals surface area contributed by atoms with Gasteiger partial charge in [0, 0.05) is 23.3 Å². The van der Waals surface area contributed by atoms with Gasteiger partial charge in [0.05, 0.1) is 11.5 Å². The summed E-state index contributed by atoms with van der Waals surface area (Å²) in [5.41, 5.74) is 0.521. The zero-order valence-electron chi connectivity index (χ0n) is 16.0. The van der Waals surface area contributed by atoms with Crippen LogP contribution in [0.25, 0.3) is 11.0 Å². The molecule has 0 fully saturated rings. The number of halogens is 1. The molecule has 0 bridgehead atoms. The molecule has 8 nitrogen and oxygen atoms in total. The lowest BCUT2D eigenvalue weighted by molar-refractivity contribution is -0.384. The number of amides is 1. The maximum atomic E-state index is 13.2. The summed E-state index contributed by atoms with van der Waals surface area (Å²) in [6.45, 7) is 0.237. The van der Waals surface area contributed by atoms with Crippen molar-refractivity contribution in [1.82, 2.24) is 9.55 Å². The number of benzene rings is 2. The first kappa shape index (κ1) is 20.2. The molecule has 0 unspecified atom stereocenters. The van der Waals surface area contributed by atoms with E-state index in [4.69, 9.17) is 11.6 Å². The fraction of sp³-hybridized carbons (Fsp3) is 0.0455. The third-order valence-electron chi connectivity index (χ3n) is 4.68. The largest absolute Gasteiger partial charge is 0.322 e. The summed E-state index contributed by atoms with van der Waals surface area (Å²) < 4.78 is 1.43. The molecule has 4 aromatic rings. The normalized spacial score (nSPS) is 10.7. The molecule has 2 heterocycles. The maximum absolute atomic E-state index is 13.2. The van der Waals surface area contributed by atoms with Crippen LogP contribution >= 0.6 is 11.6 Å². The van der Waals surface area contributed by atoms with Crippen molar-refractivity contribution >= 4 is 39.9 Å². The van der Waals surface area contributed by atoms with Crippen molar-refractivity contribution in [2.75, 3.05) is 5.32 Å². The number of nitro benzene ring substituents is 1. The molecule has 2 aromatic carbocycles. The van der Waals surface area contributed by atoms with E-state index in [1.54, 1.807) is 18.3 Å². The monoisotopic (exact) mass is 434 g/mol. The summed E-state index contributed by atoms with van der Waals surface area (Å²) >= 11 is 5.82. The predicted molar refractivity (Wildman–Crippen MR) is 118 cm³/mol. The fourth-order valence-electron chi connectivity index (χ4n) is 3.21. The molecule has 9 heteroatoms. The Kier molecular flexibility index (Phi) is 5.46. The van der Waals surface area contributed by atoms with Crippen molar-refractivity contribution in [3.05, 3.63) is 110 Å². The van der Waals surface area contributed by atoms with E-state index in [9.17, 15) is 19.7 Å². The quantitative estimate of drug-likeness (QED) is 0.373. The van der Waals surface area contributed by atoms with Crippen molar-refractivity contribution in [2.24, 2.45) is 0 Å². The number of carbonyl (C=O) groups is 1. The van der Waals surface area contributed by atoms with Gasteiger partial charge in [0.1, 0.15) is 16.2 Å². The highest BCUT2D eigenvalue weighted by Gasteiger charge is 2.19. The molecule has 0 spiro atoms. The van der Waals surface area contributed by atoms with Gasteiger partial charge in [-0.3, -0.25) is 24.3 Å². The third kappa shape index (κ3) is 4.15. The Labute approximate surface area is 180 Å². The lowest BCUT2D eigenvalue weighted by atomic mass is 10.1. The Bertz CT molecular complexity index is 1370. The van der Waals surface area contributed by atoms with Gasteiger partial charge in [-0.2, -0.15) is 0 Å². The molecule has 0 saturated carbocycles. The van der Waals surface area contributed by atoms with E-state index < -0.39 is 16.4 Å². The average Bonchev–Trinajstić information content (AvgIpc) is 2.77. The Morgan fingerprint density at radius 2 is 1.87 bits per heavy atom. The molecule has 2 aromatic heterocycles. The highest BCUT2D eigenvalue weighted by Crippen LogP contribution is 2.27. The standard InChI is InChI=1S/C22H15ClN4O4/c23-18-9-8-16(12-19(18)27(30)31)25-21(28)17-11-15-7-4-10-24-20(15)26(22(17)29)13-14-5-2-1-3-6-14/h1-12H,13H2,(H,25,28). The van der Waals surface area contributed by atoms with Gasteiger partial charge >= 0.3 is 0 Å². The highest BCUT2D eigenvalue weighted by molar-refractivity contribution is 6.32. The van der Waals surface area contributed by atoms with E-state index in [0.717, 1.165) is 11.6 Å². The van der Waals surface area contributed by atoms with Gasteiger partial charge in [0.15, 0.2) is 0 Å². The number of nitro groups is 1. The second-order valence-electron chi connectivity index (χ2n) is 6.73. The molecule has 1 N–H and O–H groups in total. The summed E-state index contributed by atoms with van der Waals surface area (Å²) in [7, 11) is 0. The highest BCUT2D eigenvalue weighted by atomic mass is 35.5. The van der Waals surface area contributed by atoms with Gasteiger partial charge in [-0.1, -0.05) is 41.9 Å². The number of pyridine rings is 2. The first-order valence-corrected chi connectivity index (χ1v) is 9.59. The molecule has 4 rings (SSSR count). The van der Waals surface area contributed by atoms with E-state index >= 15 is 0 Å². The minimum atomic E-state index is -0.686. The topological polar surface area (TPSA) is 107 Å². The van der Waals surface area contributed by atoms with Gasteiger partial charge in [0.25, 0.3) is 17.2 Å². The second-order valence-corrected chi connectivity index (χ2v) is 7.14. The average molecular weight is 435 g/mol. The molecule has 0 saturated heterocycles. The van der Waals surface area contributed by atoms with E-state index in [-0.39, 0.29) is 28.5 Å². The Morgan fingerprint density at radius 3 is 2.61 bits per heavy atom. The smallest absolute Gasteiger partial charge is 0.289 e. The summed E-state index contributed by atoms with van der Waals surface area (Å²) in [5.74, 6) is -0.686. The number of nitrogens with one attached hydrogen (secondary N) is 1. The van der Waals surface area contributed by atoms with E-state index in [0.29, 0.717) is 11.0 Å². The molecule has 31 heavy (non-hydrogen) atoms. The lowest BCUT2D eigenvalue weighted by Gasteiger charge is -2.12. The summed E-state index contributed by atoms with van der Waals surface area (Å²) in [4.78, 5) is 40.8. The second kappa shape index (κ2) is 8.37. The molecule has 0 aliphatic carbocycles. The molecule has 1 amide bonds. The number of nitrogens with zero attached hydrogens (tertiary/aromatic N) is 3. The van der Waals surface area contributed by atoms with E-state index in [1.807, 2.05) is 30.3 Å². The van der Waals surface area contributed by atoms with Crippen LogP contribution in [-0.4, -0.2) is 20.4 Å². The van der Waals surface area contributed by atoms with Gasteiger partial charge in [-0.05, 0) is 35.9 Å². The van der Waals surface area contributed by atoms with Gasteiger partial charge < -0.3 is 5.32 Å². The van der Waals surface area contributed by atoms with Crippen LogP contribution in [0.1, 0.15) is 15.9 Å². The van der Waals surface area contributed by atoms with E-state index in [1.165, 1.54) is 22.8 Å². The van der Waals surface area contributed by atoms with Crippen LogP contribution in [0.2, 0.25) is 5.02 Å². The molecule has 0 atom stereocenters. The minimum Gasteiger partial charge on any atom is -0.322 e. The Balaban J connectivity index is 1.76. The van der Waals surface area contributed by atoms with Gasteiger partial charge in [0.2, 0.25) is 0 Å². The van der Waals surface area contributed by atoms with Crippen molar-refractivity contribution in [2.45, 2.75) is 6.54 Å². The van der Waals surface area contributed by atoms with E-state index in [2.05, 4.69) is 10.3 Å². The minimum absolute atomic E-state index is 0.0509. The Hall–Kier alpha value is -4.04. The molecule has 154 valence electrons. The van der Waals surface area contributed by atoms with Crippen LogP contribution in [0, 0.1) is 10.1 Å².